The summed E-state index contributed by atoms with van der Waals surface area (Å²) in [6, 6.07) is 8.87. The van der Waals surface area contributed by atoms with Crippen molar-refractivity contribution in [2.45, 2.75) is 63.0 Å². The Morgan fingerprint density at radius 3 is 2.78 bits per heavy atom. The molecule has 0 saturated heterocycles. The molecule has 0 aromatic carbocycles. The van der Waals surface area contributed by atoms with Crippen LogP contribution < -0.4 is 16.0 Å². The second kappa shape index (κ2) is 11.0. The summed E-state index contributed by atoms with van der Waals surface area (Å²) >= 11 is 0. The second-order valence-corrected chi connectivity index (χ2v) is 9.69. The highest BCUT2D eigenvalue weighted by molar-refractivity contribution is 5.94. The van der Waals surface area contributed by atoms with Gasteiger partial charge in [0, 0.05) is 37.9 Å². The Hall–Kier alpha value is -3.88. The lowest BCUT2D eigenvalue weighted by atomic mass is 9.91. The number of amides is 2. The fourth-order valence-electron chi connectivity index (χ4n) is 4.73. The van der Waals surface area contributed by atoms with Crippen LogP contribution in [0.2, 0.25) is 0 Å². The number of aliphatic hydroxyl groups is 1. The van der Waals surface area contributed by atoms with Gasteiger partial charge in [-0.1, -0.05) is 0 Å². The summed E-state index contributed by atoms with van der Waals surface area (Å²) in [5.41, 5.74) is -0.413. The average molecular weight is 508 g/mol. The van der Waals surface area contributed by atoms with Crippen LogP contribution in [0.4, 0.5) is 4.39 Å². The third-order valence-corrected chi connectivity index (χ3v) is 6.66. The van der Waals surface area contributed by atoms with E-state index in [4.69, 9.17) is 0 Å². The normalized spacial score (nSPS) is 20.5. The molecule has 5 atom stereocenters. The largest absolute Gasteiger partial charge is 0.386 e. The van der Waals surface area contributed by atoms with Gasteiger partial charge in [-0.3, -0.25) is 14.6 Å². The van der Waals surface area contributed by atoms with E-state index in [2.05, 4.69) is 26.0 Å². The third kappa shape index (κ3) is 6.10. The Labute approximate surface area is 213 Å². The molecule has 1 saturated carbocycles. The maximum atomic E-state index is 16.2. The SMILES string of the molecule is CC(=O)N[C@H]1CC[C@@H](NCC(C)(O)[C@H](F)C(NC(=O)c2cccnc2)c2ccc3cc(C#N)cnn23)C1. The van der Waals surface area contributed by atoms with Gasteiger partial charge in [-0.2, -0.15) is 10.4 Å². The molecule has 2 unspecified atom stereocenters. The summed E-state index contributed by atoms with van der Waals surface area (Å²) in [7, 11) is 0. The van der Waals surface area contributed by atoms with Crippen LogP contribution in [-0.4, -0.2) is 61.9 Å². The van der Waals surface area contributed by atoms with Crippen molar-refractivity contribution in [3.63, 3.8) is 0 Å². The number of carbonyl (C=O) groups is 2. The summed E-state index contributed by atoms with van der Waals surface area (Å²) in [5, 5.41) is 33.5. The Morgan fingerprint density at radius 2 is 2.08 bits per heavy atom. The molecule has 11 heteroatoms. The second-order valence-electron chi connectivity index (χ2n) is 9.69. The lowest BCUT2D eigenvalue weighted by Gasteiger charge is -2.34. The van der Waals surface area contributed by atoms with E-state index in [-0.39, 0.29) is 30.1 Å². The van der Waals surface area contributed by atoms with Gasteiger partial charge in [0.25, 0.3) is 5.91 Å². The standard InChI is InChI=1S/C26H30FN7O3/c1-16(35)32-20-6-5-19(11-20)30-15-26(2,37)24(27)23(33-25(36)18-4-3-9-29-14-18)22-8-7-21-10-17(12-28)13-31-34(21)22/h3-4,7-10,13-14,19-20,23-24,30,37H,5-6,11,15H2,1-2H3,(H,32,35)(H,33,36)/t19-,20+,23?,24-,26?/m1/s1. The molecule has 0 radical (unpaired) electrons. The van der Waals surface area contributed by atoms with Crippen LogP contribution in [0.5, 0.6) is 0 Å². The van der Waals surface area contributed by atoms with Gasteiger partial charge in [-0.25, -0.2) is 8.91 Å². The summed E-state index contributed by atoms with van der Waals surface area (Å²) < 4.78 is 17.7. The molecule has 4 N–H and O–H groups in total. The minimum absolute atomic E-state index is 0.0131. The summed E-state index contributed by atoms with van der Waals surface area (Å²) in [6.07, 6.45) is 4.60. The number of nitrogens with one attached hydrogen (secondary N) is 3. The first-order valence-corrected chi connectivity index (χ1v) is 12.1. The quantitative estimate of drug-likeness (QED) is 0.346. The van der Waals surface area contributed by atoms with Crippen LogP contribution in [0.3, 0.4) is 0 Å². The molecule has 3 heterocycles. The Balaban J connectivity index is 1.56. The van der Waals surface area contributed by atoms with Gasteiger partial charge in [0.1, 0.15) is 17.7 Å². The molecule has 194 valence electrons. The monoisotopic (exact) mass is 507 g/mol. The fraction of sp³-hybridized carbons (Fsp3) is 0.423. The number of halogens is 1. The topological polar surface area (TPSA) is 144 Å². The number of fused-ring (bicyclic) bond motifs is 1. The number of rotatable bonds is 9. The zero-order valence-electron chi connectivity index (χ0n) is 20.7. The van der Waals surface area contributed by atoms with E-state index in [1.807, 2.05) is 6.07 Å². The Kier molecular flexibility index (Phi) is 7.80. The van der Waals surface area contributed by atoms with Gasteiger partial charge in [0.2, 0.25) is 5.91 Å². The van der Waals surface area contributed by atoms with Gasteiger partial charge in [0.05, 0.1) is 28.5 Å². The van der Waals surface area contributed by atoms with E-state index in [0.717, 1.165) is 12.8 Å². The molecule has 1 aliphatic rings. The van der Waals surface area contributed by atoms with Crippen molar-refractivity contribution in [1.82, 2.24) is 30.5 Å². The van der Waals surface area contributed by atoms with Crippen molar-refractivity contribution in [3.8, 4) is 6.07 Å². The van der Waals surface area contributed by atoms with E-state index in [9.17, 15) is 20.0 Å². The van der Waals surface area contributed by atoms with Crippen molar-refractivity contribution in [3.05, 3.63) is 65.7 Å². The molecular weight excluding hydrogens is 477 g/mol. The molecule has 0 bridgehead atoms. The van der Waals surface area contributed by atoms with Crippen LogP contribution in [0.25, 0.3) is 5.52 Å². The summed E-state index contributed by atoms with van der Waals surface area (Å²) in [4.78, 5) is 28.3. The highest BCUT2D eigenvalue weighted by Crippen LogP contribution is 2.30. The summed E-state index contributed by atoms with van der Waals surface area (Å²) in [5.74, 6) is -0.648. The molecule has 0 spiro atoms. The van der Waals surface area contributed by atoms with E-state index < -0.39 is 23.7 Å². The van der Waals surface area contributed by atoms with E-state index in [1.165, 1.54) is 37.0 Å². The molecule has 10 nitrogen and oxygen atoms in total. The predicted molar refractivity (Wildman–Crippen MR) is 133 cm³/mol. The van der Waals surface area contributed by atoms with E-state index >= 15 is 4.39 Å². The Morgan fingerprint density at radius 1 is 1.30 bits per heavy atom. The number of alkyl halides is 1. The fourth-order valence-corrected chi connectivity index (χ4v) is 4.73. The smallest absolute Gasteiger partial charge is 0.253 e. The zero-order valence-corrected chi connectivity index (χ0v) is 20.7. The van der Waals surface area contributed by atoms with Crippen molar-refractivity contribution < 1.29 is 19.1 Å². The number of hydrogen-bond donors (Lipinski definition) is 4. The molecule has 37 heavy (non-hydrogen) atoms. The van der Waals surface area contributed by atoms with Gasteiger partial charge in [0.15, 0.2) is 6.17 Å². The minimum Gasteiger partial charge on any atom is -0.386 e. The molecule has 2 amide bonds. The molecular formula is C26H30FN7O3. The lowest BCUT2D eigenvalue weighted by Crippen LogP contribution is -2.53. The van der Waals surface area contributed by atoms with Gasteiger partial charge in [-0.15, -0.1) is 0 Å². The van der Waals surface area contributed by atoms with Gasteiger partial charge >= 0.3 is 0 Å². The lowest BCUT2D eigenvalue weighted by molar-refractivity contribution is -0.119. The number of nitrogens with zero attached hydrogens (tertiary/aromatic N) is 4. The number of aromatic nitrogens is 3. The van der Waals surface area contributed by atoms with E-state index in [0.29, 0.717) is 23.2 Å². The Bertz CT molecular complexity index is 1300. The first-order chi connectivity index (χ1) is 17.7. The first kappa shape index (κ1) is 26.2. The number of hydrogen-bond acceptors (Lipinski definition) is 7. The number of pyridine rings is 1. The van der Waals surface area contributed by atoms with Crippen LogP contribution in [0, 0.1) is 11.3 Å². The van der Waals surface area contributed by atoms with Crippen molar-refractivity contribution in [2.75, 3.05) is 6.54 Å². The minimum atomic E-state index is -1.93. The maximum Gasteiger partial charge on any atom is 0.253 e. The molecule has 1 fully saturated rings. The molecule has 0 aliphatic heterocycles. The summed E-state index contributed by atoms with van der Waals surface area (Å²) in [6.45, 7) is 2.78. The zero-order chi connectivity index (χ0) is 26.6. The molecule has 3 aromatic rings. The van der Waals surface area contributed by atoms with Gasteiger partial charge < -0.3 is 21.1 Å². The van der Waals surface area contributed by atoms with Crippen LogP contribution in [0.1, 0.15) is 60.8 Å². The molecule has 1 aliphatic carbocycles. The van der Waals surface area contributed by atoms with Crippen LogP contribution in [0.15, 0.2) is 48.9 Å². The van der Waals surface area contributed by atoms with Gasteiger partial charge in [-0.05, 0) is 56.5 Å². The predicted octanol–water partition coefficient (Wildman–Crippen LogP) is 1.81. The highest BCUT2D eigenvalue weighted by atomic mass is 19.1. The van der Waals surface area contributed by atoms with Crippen LogP contribution >= 0.6 is 0 Å². The average Bonchev–Trinajstić information content (AvgIpc) is 3.52. The van der Waals surface area contributed by atoms with Crippen molar-refractivity contribution in [2.24, 2.45) is 0 Å². The van der Waals surface area contributed by atoms with Crippen molar-refractivity contribution >= 4 is 17.3 Å². The van der Waals surface area contributed by atoms with E-state index in [1.54, 1.807) is 30.3 Å². The number of nitriles is 1. The molecule has 4 rings (SSSR count). The maximum absolute atomic E-state index is 16.2. The van der Waals surface area contributed by atoms with Crippen LogP contribution in [-0.2, 0) is 4.79 Å². The molecule has 3 aromatic heterocycles. The highest BCUT2D eigenvalue weighted by Gasteiger charge is 2.42. The van der Waals surface area contributed by atoms with Crippen molar-refractivity contribution in [1.29, 1.82) is 5.26 Å². The number of carbonyl (C=O) groups excluding carboxylic acids is 2. The third-order valence-electron chi connectivity index (χ3n) is 6.66. The first-order valence-electron chi connectivity index (χ1n) is 12.1.